The van der Waals surface area contributed by atoms with Crippen molar-refractivity contribution in [2.75, 3.05) is 31.6 Å². The highest BCUT2D eigenvalue weighted by atomic mass is 15.1. The van der Waals surface area contributed by atoms with Crippen LogP contribution in [0.4, 0.5) is 5.69 Å². The average molecular weight is 248 g/mol. The van der Waals surface area contributed by atoms with Crippen LogP contribution in [-0.4, -0.2) is 26.7 Å². The van der Waals surface area contributed by atoms with Crippen LogP contribution in [-0.2, 0) is 6.42 Å². The number of nitrogens with one attached hydrogen (secondary N) is 1. The second-order valence-corrected chi connectivity index (χ2v) is 4.90. The normalized spacial score (nSPS) is 10.6. The lowest BCUT2D eigenvalue weighted by molar-refractivity contribution is 0.615. The molecule has 1 N–H and O–H groups in total. The molecule has 0 aliphatic carbocycles. The molecule has 0 atom stereocenters. The van der Waals surface area contributed by atoms with Crippen LogP contribution in [0.2, 0.25) is 0 Å². The molecule has 0 aliphatic rings. The zero-order valence-corrected chi connectivity index (χ0v) is 12.2. The van der Waals surface area contributed by atoms with Gasteiger partial charge in [-0.25, -0.2) is 0 Å². The van der Waals surface area contributed by atoms with Gasteiger partial charge in [-0.2, -0.15) is 0 Å². The zero-order chi connectivity index (χ0) is 13.2. The Labute approximate surface area is 112 Å². The second-order valence-electron chi connectivity index (χ2n) is 4.90. The van der Waals surface area contributed by atoms with Crippen LogP contribution < -0.4 is 10.2 Å². The quantitative estimate of drug-likeness (QED) is 0.673. The Bertz CT molecular complexity index is 305. The zero-order valence-electron chi connectivity index (χ0n) is 12.2. The largest absolute Gasteiger partial charge is 0.375 e. The third-order valence-corrected chi connectivity index (χ3v) is 3.31. The third-order valence-electron chi connectivity index (χ3n) is 3.31. The van der Waals surface area contributed by atoms with E-state index in [-0.39, 0.29) is 0 Å². The van der Waals surface area contributed by atoms with Gasteiger partial charge in [-0.05, 0) is 56.5 Å². The first kappa shape index (κ1) is 15.0. The summed E-state index contributed by atoms with van der Waals surface area (Å²) in [7, 11) is 2.18. The summed E-state index contributed by atoms with van der Waals surface area (Å²) in [6.45, 7) is 7.84. The molecule has 0 fully saturated rings. The second kappa shape index (κ2) is 8.98. The van der Waals surface area contributed by atoms with Crippen molar-refractivity contribution in [3.05, 3.63) is 29.8 Å². The molecule has 0 saturated heterocycles. The molecule has 1 aromatic carbocycles. The van der Waals surface area contributed by atoms with Crippen LogP contribution in [0.3, 0.4) is 0 Å². The van der Waals surface area contributed by atoms with Gasteiger partial charge in [-0.15, -0.1) is 0 Å². The Kier molecular flexibility index (Phi) is 7.51. The Morgan fingerprint density at radius 2 is 1.72 bits per heavy atom. The molecule has 2 nitrogen and oxygen atoms in total. The average Bonchev–Trinajstić information content (AvgIpc) is 2.42. The monoisotopic (exact) mass is 248 g/mol. The summed E-state index contributed by atoms with van der Waals surface area (Å²) >= 11 is 0. The lowest BCUT2D eigenvalue weighted by atomic mass is 10.1. The van der Waals surface area contributed by atoms with Crippen molar-refractivity contribution in [1.29, 1.82) is 0 Å². The fourth-order valence-electron chi connectivity index (χ4n) is 2.02. The maximum absolute atomic E-state index is 3.45. The first-order valence-electron chi connectivity index (χ1n) is 7.28. The van der Waals surface area contributed by atoms with Crippen molar-refractivity contribution in [2.45, 2.75) is 39.5 Å². The Hall–Kier alpha value is -1.02. The number of anilines is 1. The van der Waals surface area contributed by atoms with Gasteiger partial charge < -0.3 is 10.2 Å². The predicted octanol–water partition coefficient (Wildman–Crippen LogP) is 3.47. The number of rotatable bonds is 9. The first-order chi connectivity index (χ1) is 8.77. The molecular formula is C16H28N2. The molecule has 1 aromatic rings. The van der Waals surface area contributed by atoms with Crippen molar-refractivity contribution >= 4 is 5.69 Å². The van der Waals surface area contributed by atoms with Gasteiger partial charge >= 0.3 is 0 Å². The third kappa shape index (κ3) is 5.54. The summed E-state index contributed by atoms with van der Waals surface area (Å²) in [6, 6.07) is 8.92. The fourth-order valence-corrected chi connectivity index (χ4v) is 2.02. The molecule has 0 radical (unpaired) electrons. The smallest absolute Gasteiger partial charge is 0.0363 e. The van der Waals surface area contributed by atoms with E-state index in [0.717, 1.165) is 26.1 Å². The molecule has 0 spiro atoms. The van der Waals surface area contributed by atoms with E-state index < -0.39 is 0 Å². The Morgan fingerprint density at radius 1 is 1.00 bits per heavy atom. The summed E-state index contributed by atoms with van der Waals surface area (Å²) in [5.41, 5.74) is 2.74. The summed E-state index contributed by atoms with van der Waals surface area (Å²) in [6.07, 6.45) is 4.86. The van der Waals surface area contributed by atoms with E-state index in [9.17, 15) is 0 Å². The van der Waals surface area contributed by atoms with E-state index in [0.29, 0.717) is 0 Å². The van der Waals surface area contributed by atoms with Gasteiger partial charge in [0.05, 0.1) is 0 Å². The van der Waals surface area contributed by atoms with Gasteiger partial charge in [-0.3, -0.25) is 0 Å². The topological polar surface area (TPSA) is 15.3 Å². The van der Waals surface area contributed by atoms with Crippen LogP contribution >= 0.6 is 0 Å². The van der Waals surface area contributed by atoms with Crippen LogP contribution in [0.1, 0.15) is 38.7 Å². The SMILES string of the molecule is CCCNCCCCN(C)c1ccc(CC)cc1. The van der Waals surface area contributed by atoms with Gasteiger partial charge in [0.1, 0.15) is 0 Å². The van der Waals surface area contributed by atoms with E-state index in [4.69, 9.17) is 0 Å². The van der Waals surface area contributed by atoms with Crippen LogP contribution in [0, 0.1) is 0 Å². The van der Waals surface area contributed by atoms with E-state index in [1.807, 2.05) is 0 Å². The van der Waals surface area contributed by atoms with Gasteiger partial charge in [0.15, 0.2) is 0 Å². The minimum Gasteiger partial charge on any atom is -0.375 e. The number of nitrogens with zero attached hydrogens (tertiary/aromatic N) is 1. The van der Waals surface area contributed by atoms with Crippen molar-refractivity contribution in [2.24, 2.45) is 0 Å². The van der Waals surface area contributed by atoms with Crippen LogP contribution in [0.25, 0.3) is 0 Å². The molecule has 0 heterocycles. The van der Waals surface area contributed by atoms with Crippen LogP contribution in [0.5, 0.6) is 0 Å². The highest BCUT2D eigenvalue weighted by Gasteiger charge is 2.00. The Balaban J connectivity index is 2.21. The molecule has 0 saturated carbocycles. The first-order valence-corrected chi connectivity index (χ1v) is 7.28. The highest BCUT2D eigenvalue weighted by molar-refractivity contribution is 5.46. The van der Waals surface area contributed by atoms with Crippen molar-refractivity contribution in [1.82, 2.24) is 5.32 Å². The highest BCUT2D eigenvalue weighted by Crippen LogP contribution is 2.14. The van der Waals surface area contributed by atoms with E-state index >= 15 is 0 Å². The Morgan fingerprint density at radius 3 is 2.33 bits per heavy atom. The number of unbranched alkanes of at least 4 members (excludes halogenated alkanes) is 1. The van der Waals surface area contributed by atoms with Gasteiger partial charge in [0, 0.05) is 19.3 Å². The minimum atomic E-state index is 1.12. The number of aryl methyl sites for hydroxylation is 1. The maximum Gasteiger partial charge on any atom is 0.0363 e. The van der Waals surface area contributed by atoms with Crippen molar-refractivity contribution < 1.29 is 0 Å². The molecule has 2 heteroatoms. The lowest BCUT2D eigenvalue weighted by Gasteiger charge is -2.19. The molecule has 0 unspecified atom stereocenters. The predicted molar refractivity (Wildman–Crippen MR) is 81.5 cm³/mol. The van der Waals surface area contributed by atoms with Crippen molar-refractivity contribution in [3.63, 3.8) is 0 Å². The van der Waals surface area contributed by atoms with Crippen molar-refractivity contribution in [3.8, 4) is 0 Å². The molecule has 0 aromatic heterocycles. The van der Waals surface area contributed by atoms with E-state index in [2.05, 4.69) is 55.4 Å². The minimum absolute atomic E-state index is 1.12. The summed E-state index contributed by atoms with van der Waals surface area (Å²) in [5, 5.41) is 3.45. The van der Waals surface area contributed by atoms with Gasteiger partial charge in [0.2, 0.25) is 0 Å². The summed E-state index contributed by atoms with van der Waals surface area (Å²) in [5.74, 6) is 0. The molecule has 0 bridgehead atoms. The van der Waals surface area contributed by atoms with Crippen LogP contribution in [0.15, 0.2) is 24.3 Å². The molecule has 1 rings (SSSR count). The molecule has 0 aliphatic heterocycles. The molecule has 18 heavy (non-hydrogen) atoms. The van der Waals surface area contributed by atoms with E-state index in [1.54, 1.807) is 0 Å². The fraction of sp³-hybridized carbons (Fsp3) is 0.625. The summed E-state index contributed by atoms with van der Waals surface area (Å²) < 4.78 is 0. The number of hydrogen-bond acceptors (Lipinski definition) is 2. The number of hydrogen-bond donors (Lipinski definition) is 1. The molecular weight excluding hydrogens is 220 g/mol. The standard InChI is InChI=1S/C16H28N2/c1-4-12-17-13-6-7-14-18(3)16-10-8-15(5-2)9-11-16/h8-11,17H,4-7,12-14H2,1-3H3. The van der Waals surface area contributed by atoms with Gasteiger partial charge in [0.25, 0.3) is 0 Å². The molecule has 0 amide bonds. The van der Waals surface area contributed by atoms with E-state index in [1.165, 1.54) is 30.5 Å². The van der Waals surface area contributed by atoms with Gasteiger partial charge in [-0.1, -0.05) is 26.0 Å². The lowest BCUT2D eigenvalue weighted by Crippen LogP contribution is -2.21. The number of benzene rings is 1. The maximum atomic E-state index is 3.45. The summed E-state index contributed by atoms with van der Waals surface area (Å²) in [4.78, 5) is 2.35. The molecule has 102 valence electrons.